The van der Waals surface area contributed by atoms with E-state index in [9.17, 15) is 0 Å². The zero-order valence-electron chi connectivity index (χ0n) is 10.7. The zero-order chi connectivity index (χ0) is 12.4. The Bertz CT molecular complexity index is 526. The molecule has 1 aliphatic carbocycles. The summed E-state index contributed by atoms with van der Waals surface area (Å²) in [6.07, 6.45) is 4.70. The zero-order valence-corrected chi connectivity index (χ0v) is 10.7. The highest BCUT2D eigenvalue weighted by molar-refractivity contribution is 5.59. The molecule has 1 aromatic carbocycles. The number of hydrogen-bond donors (Lipinski definition) is 2. The Hall–Kier alpha value is -1.61. The molecule has 1 saturated carbocycles. The second-order valence-electron chi connectivity index (χ2n) is 5.19. The summed E-state index contributed by atoms with van der Waals surface area (Å²) < 4.78 is 0. The predicted octanol–water partition coefficient (Wildman–Crippen LogP) is 2.88. The lowest BCUT2D eigenvalue weighted by atomic mass is 10.1. The number of hydrogen-bond acceptors (Lipinski definition) is 2. The molecule has 0 spiro atoms. The summed E-state index contributed by atoms with van der Waals surface area (Å²) in [7, 11) is 0. The molecule has 1 fully saturated rings. The Labute approximate surface area is 108 Å². The minimum Gasteiger partial charge on any atom is -0.341 e. The van der Waals surface area contributed by atoms with Crippen LogP contribution < -0.4 is 5.32 Å². The van der Waals surface area contributed by atoms with Crippen molar-refractivity contribution < 1.29 is 0 Å². The van der Waals surface area contributed by atoms with Gasteiger partial charge in [-0.1, -0.05) is 23.8 Å². The van der Waals surface area contributed by atoms with E-state index in [0.29, 0.717) is 0 Å². The Morgan fingerprint density at radius 2 is 2.28 bits per heavy atom. The van der Waals surface area contributed by atoms with Gasteiger partial charge < -0.3 is 10.3 Å². The predicted molar refractivity (Wildman–Crippen MR) is 73.2 cm³/mol. The summed E-state index contributed by atoms with van der Waals surface area (Å²) in [4.78, 5) is 7.80. The van der Waals surface area contributed by atoms with Gasteiger partial charge in [0.1, 0.15) is 5.82 Å². The molecule has 1 aliphatic rings. The van der Waals surface area contributed by atoms with Crippen LogP contribution in [0.4, 0.5) is 0 Å². The van der Waals surface area contributed by atoms with Crippen molar-refractivity contribution in [2.24, 2.45) is 5.92 Å². The third kappa shape index (κ3) is 2.79. The molecule has 2 N–H and O–H groups in total. The number of aryl methyl sites for hydroxylation is 1. The lowest BCUT2D eigenvalue weighted by Gasteiger charge is -2.01. The molecular weight excluding hydrogens is 222 g/mol. The molecule has 1 heterocycles. The van der Waals surface area contributed by atoms with E-state index in [1.54, 1.807) is 0 Å². The summed E-state index contributed by atoms with van der Waals surface area (Å²) in [6.45, 7) is 4.07. The minimum atomic E-state index is 0.836. The molecule has 1 aromatic heterocycles. The van der Waals surface area contributed by atoms with E-state index in [4.69, 9.17) is 0 Å². The second kappa shape index (κ2) is 4.94. The lowest BCUT2D eigenvalue weighted by Crippen LogP contribution is -2.16. The molecule has 0 unspecified atom stereocenters. The average Bonchev–Trinajstić information content (AvgIpc) is 3.06. The third-order valence-corrected chi connectivity index (χ3v) is 3.38. The fourth-order valence-electron chi connectivity index (χ4n) is 2.13. The van der Waals surface area contributed by atoms with Crippen molar-refractivity contribution >= 4 is 0 Å². The van der Waals surface area contributed by atoms with Gasteiger partial charge >= 0.3 is 0 Å². The number of rotatable bonds is 5. The van der Waals surface area contributed by atoms with Crippen molar-refractivity contribution in [3.8, 4) is 11.3 Å². The maximum absolute atomic E-state index is 4.42. The van der Waals surface area contributed by atoms with Crippen LogP contribution in [-0.2, 0) is 6.54 Å². The van der Waals surface area contributed by atoms with Gasteiger partial charge in [-0.05, 0) is 43.9 Å². The molecule has 2 aromatic rings. The third-order valence-electron chi connectivity index (χ3n) is 3.38. The van der Waals surface area contributed by atoms with Gasteiger partial charge in [-0.2, -0.15) is 0 Å². The quantitative estimate of drug-likeness (QED) is 0.845. The van der Waals surface area contributed by atoms with E-state index in [-0.39, 0.29) is 0 Å². The van der Waals surface area contributed by atoms with Gasteiger partial charge in [0, 0.05) is 0 Å². The second-order valence-corrected chi connectivity index (χ2v) is 5.19. The standard InChI is InChI=1S/C15H19N3/c1-11-3-2-4-13(7-11)14-9-17-15(18-14)10-16-8-12-5-6-12/h2-4,7,9,12,16H,5-6,8,10H2,1H3,(H,17,18). The summed E-state index contributed by atoms with van der Waals surface area (Å²) >= 11 is 0. The Morgan fingerprint density at radius 3 is 3.06 bits per heavy atom. The van der Waals surface area contributed by atoms with Crippen LogP contribution in [0.25, 0.3) is 11.3 Å². The molecule has 0 atom stereocenters. The van der Waals surface area contributed by atoms with Crippen LogP contribution in [0, 0.1) is 12.8 Å². The van der Waals surface area contributed by atoms with E-state index >= 15 is 0 Å². The molecule has 0 radical (unpaired) electrons. The van der Waals surface area contributed by atoms with Gasteiger partial charge in [0.05, 0.1) is 18.4 Å². The molecule has 3 nitrogen and oxygen atoms in total. The van der Waals surface area contributed by atoms with Crippen LogP contribution in [0.3, 0.4) is 0 Å². The van der Waals surface area contributed by atoms with Gasteiger partial charge in [-0.3, -0.25) is 0 Å². The number of nitrogens with one attached hydrogen (secondary N) is 2. The van der Waals surface area contributed by atoms with Crippen LogP contribution in [0.1, 0.15) is 24.2 Å². The molecule has 94 valence electrons. The fraction of sp³-hybridized carbons (Fsp3) is 0.400. The maximum atomic E-state index is 4.42. The first kappa shape index (κ1) is 11.5. The van der Waals surface area contributed by atoms with Crippen LogP contribution in [0.2, 0.25) is 0 Å². The van der Waals surface area contributed by atoms with Crippen molar-refractivity contribution in [3.05, 3.63) is 41.9 Å². The van der Waals surface area contributed by atoms with E-state index in [2.05, 4.69) is 46.5 Å². The fourth-order valence-corrected chi connectivity index (χ4v) is 2.13. The number of nitrogens with zero attached hydrogens (tertiary/aromatic N) is 1. The molecule has 0 amide bonds. The Kier molecular flexibility index (Phi) is 3.15. The average molecular weight is 241 g/mol. The highest BCUT2D eigenvalue weighted by Crippen LogP contribution is 2.27. The minimum absolute atomic E-state index is 0.836. The van der Waals surface area contributed by atoms with Crippen molar-refractivity contribution in [1.82, 2.24) is 15.3 Å². The van der Waals surface area contributed by atoms with E-state index in [1.165, 1.54) is 24.0 Å². The van der Waals surface area contributed by atoms with Gasteiger partial charge in [-0.25, -0.2) is 4.98 Å². The molecule has 3 rings (SSSR count). The summed E-state index contributed by atoms with van der Waals surface area (Å²) in [5, 5.41) is 3.45. The van der Waals surface area contributed by atoms with Crippen LogP contribution in [0.15, 0.2) is 30.5 Å². The van der Waals surface area contributed by atoms with Crippen LogP contribution in [0.5, 0.6) is 0 Å². The summed E-state index contributed by atoms with van der Waals surface area (Å²) in [5.41, 5.74) is 3.58. The van der Waals surface area contributed by atoms with Crippen molar-refractivity contribution in [1.29, 1.82) is 0 Å². The summed E-state index contributed by atoms with van der Waals surface area (Å²) in [6, 6.07) is 8.48. The smallest absolute Gasteiger partial charge is 0.120 e. The monoisotopic (exact) mass is 241 g/mol. The maximum Gasteiger partial charge on any atom is 0.120 e. The molecule has 3 heteroatoms. The molecule has 0 aliphatic heterocycles. The topological polar surface area (TPSA) is 40.7 Å². The molecule has 18 heavy (non-hydrogen) atoms. The van der Waals surface area contributed by atoms with Crippen molar-refractivity contribution in [2.45, 2.75) is 26.3 Å². The number of aromatic nitrogens is 2. The number of imidazole rings is 1. The Balaban J connectivity index is 1.64. The molecular formula is C15H19N3. The number of aromatic amines is 1. The van der Waals surface area contributed by atoms with Crippen LogP contribution in [-0.4, -0.2) is 16.5 Å². The largest absolute Gasteiger partial charge is 0.341 e. The summed E-state index contributed by atoms with van der Waals surface area (Å²) in [5.74, 6) is 1.93. The first-order valence-corrected chi connectivity index (χ1v) is 6.63. The first-order chi connectivity index (χ1) is 8.81. The van der Waals surface area contributed by atoms with Gasteiger partial charge in [0.25, 0.3) is 0 Å². The number of benzene rings is 1. The van der Waals surface area contributed by atoms with E-state index in [1.807, 2.05) is 6.20 Å². The Morgan fingerprint density at radius 1 is 1.39 bits per heavy atom. The van der Waals surface area contributed by atoms with Gasteiger partial charge in [0.2, 0.25) is 0 Å². The van der Waals surface area contributed by atoms with Gasteiger partial charge in [0.15, 0.2) is 0 Å². The molecule has 0 bridgehead atoms. The highest BCUT2D eigenvalue weighted by Gasteiger charge is 2.20. The van der Waals surface area contributed by atoms with E-state index < -0.39 is 0 Å². The first-order valence-electron chi connectivity index (χ1n) is 6.63. The van der Waals surface area contributed by atoms with Crippen molar-refractivity contribution in [2.75, 3.05) is 6.54 Å². The lowest BCUT2D eigenvalue weighted by molar-refractivity contribution is 0.623. The molecule has 0 saturated heterocycles. The SMILES string of the molecule is Cc1cccc(-c2cnc(CNCC3CC3)[nH]2)c1. The number of H-pyrrole nitrogens is 1. The van der Waals surface area contributed by atoms with Crippen LogP contribution >= 0.6 is 0 Å². The van der Waals surface area contributed by atoms with Gasteiger partial charge in [-0.15, -0.1) is 0 Å². The van der Waals surface area contributed by atoms with E-state index in [0.717, 1.165) is 30.5 Å². The normalized spacial score (nSPS) is 14.9. The van der Waals surface area contributed by atoms with Crippen molar-refractivity contribution in [3.63, 3.8) is 0 Å². The highest BCUT2D eigenvalue weighted by atomic mass is 15.0.